The molecule has 0 unspecified atom stereocenters. The van der Waals surface area contributed by atoms with E-state index < -0.39 is 0 Å². The predicted molar refractivity (Wildman–Crippen MR) is 91.0 cm³/mol. The summed E-state index contributed by atoms with van der Waals surface area (Å²) in [5.74, 6) is 1.50. The van der Waals surface area contributed by atoms with Gasteiger partial charge in [-0.3, -0.25) is 4.79 Å². The summed E-state index contributed by atoms with van der Waals surface area (Å²) < 4.78 is 10.7. The zero-order valence-corrected chi connectivity index (χ0v) is 13.7. The lowest BCUT2D eigenvalue weighted by atomic mass is 10.2. The highest BCUT2D eigenvalue weighted by atomic mass is 16.5. The van der Waals surface area contributed by atoms with E-state index in [0.29, 0.717) is 18.7 Å². The van der Waals surface area contributed by atoms with Crippen LogP contribution in [0.25, 0.3) is 0 Å². The van der Waals surface area contributed by atoms with Gasteiger partial charge in [0, 0.05) is 12.1 Å². The smallest absolute Gasteiger partial charge is 0.251 e. The molecule has 0 fully saturated rings. The Morgan fingerprint density at radius 2 is 1.65 bits per heavy atom. The first-order valence-electron chi connectivity index (χ1n) is 7.87. The molecular formula is C19H23NO3. The summed E-state index contributed by atoms with van der Waals surface area (Å²) in [6, 6.07) is 14.9. The third-order valence-electron chi connectivity index (χ3n) is 3.50. The summed E-state index contributed by atoms with van der Waals surface area (Å²) in [6.45, 7) is 3.32. The Kier molecular flexibility index (Phi) is 6.48. The number of unbranched alkanes of at least 4 members (excludes halogenated alkanes) is 1. The average molecular weight is 313 g/mol. The second kappa shape index (κ2) is 8.83. The van der Waals surface area contributed by atoms with Crippen LogP contribution in [0.5, 0.6) is 11.5 Å². The van der Waals surface area contributed by atoms with Crippen molar-refractivity contribution in [3.8, 4) is 11.5 Å². The first-order chi connectivity index (χ1) is 11.2. The lowest BCUT2D eigenvalue weighted by Gasteiger charge is -2.08. The van der Waals surface area contributed by atoms with Gasteiger partial charge in [-0.25, -0.2) is 0 Å². The summed E-state index contributed by atoms with van der Waals surface area (Å²) in [7, 11) is 1.63. The van der Waals surface area contributed by atoms with Crippen LogP contribution < -0.4 is 14.8 Å². The van der Waals surface area contributed by atoms with Gasteiger partial charge in [0.2, 0.25) is 0 Å². The van der Waals surface area contributed by atoms with Gasteiger partial charge in [0.05, 0.1) is 13.7 Å². The third kappa shape index (κ3) is 5.33. The maximum Gasteiger partial charge on any atom is 0.251 e. The van der Waals surface area contributed by atoms with E-state index in [1.807, 2.05) is 36.4 Å². The van der Waals surface area contributed by atoms with Crippen molar-refractivity contribution in [2.75, 3.05) is 13.7 Å². The molecule has 4 heteroatoms. The number of hydrogen-bond donors (Lipinski definition) is 1. The van der Waals surface area contributed by atoms with Crippen molar-refractivity contribution in [2.24, 2.45) is 0 Å². The number of carbonyl (C=O) groups is 1. The van der Waals surface area contributed by atoms with Crippen molar-refractivity contribution in [1.29, 1.82) is 0 Å². The molecule has 23 heavy (non-hydrogen) atoms. The molecule has 0 saturated heterocycles. The van der Waals surface area contributed by atoms with Crippen molar-refractivity contribution in [1.82, 2.24) is 5.32 Å². The minimum absolute atomic E-state index is 0.0964. The second-order valence-corrected chi connectivity index (χ2v) is 5.26. The van der Waals surface area contributed by atoms with Crippen molar-refractivity contribution in [2.45, 2.75) is 26.3 Å². The van der Waals surface area contributed by atoms with Gasteiger partial charge in [0.1, 0.15) is 11.5 Å². The lowest BCUT2D eigenvalue weighted by molar-refractivity contribution is 0.0951. The maximum atomic E-state index is 12.1. The molecular weight excluding hydrogens is 290 g/mol. The van der Waals surface area contributed by atoms with Crippen LogP contribution in [0.2, 0.25) is 0 Å². The van der Waals surface area contributed by atoms with Gasteiger partial charge in [0.15, 0.2) is 0 Å². The molecule has 2 rings (SSSR count). The molecule has 0 spiro atoms. The minimum Gasteiger partial charge on any atom is -0.497 e. The molecule has 1 amide bonds. The average Bonchev–Trinajstić information content (AvgIpc) is 2.61. The van der Waals surface area contributed by atoms with E-state index in [2.05, 4.69) is 12.2 Å². The Morgan fingerprint density at radius 3 is 2.26 bits per heavy atom. The van der Waals surface area contributed by atoms with Crippen LogP contribution in [0.1, 0.15) is 35.7 Å². The highest BCUT2D eigenvalue weighted by Crippen LogP contribution is 2.14. The maximum absolute atomic E-state index is 12.1. The number of nitrogens with one attached hydrogen (secondary N) is 1. The fourth-order valence-electron chi connectivity index (χ4n) is 2.06. The number of methoxy groups -OCH3 is 1. The summed E-state index contributed by atoms with van der Waals surface area (Å²) in [5, 5.41) is 2.90. The standard InChI is InChI=1S/C19H23NO3/c1-3-4-13-23-18-11-7-16(8-12-18)19(21)20-14-15-5-9-17(22-2)10-6-15/h5-12H,3-4,13-14H2,1-2H3,(H,20,21). The molecule has 0 bridgehead atoms. The molecule has 0 aromatic heterocycles. The van der Waals surface area contributed by atoms with E-state index in [9.17, 15) is 4.79 Å². The Labute approximate surface area is 137 Å². The van der Waals surface area contributed by atoms with Gasteiger partial charge in [-0.1, -0.05) is 25.5 Å². The molecule has 0 atom stereocenters. The topological polar surface area (TPSA) is 47.6 Å². The summed E-state index contributed by atoms with van der Waals surface area (Å²) >= 11 is 0. The first kappa shape index (κ1) is 16.9. The van der Waals surface area contributed by atoms with E-state index in [1.54, 1.807) is 19.2 Å². The Balaban J connectivity index is 1.84. The number of amides is 1. The van der Waals surface area contributed by atoms with Crippen molar-refractivity contribution in [3.63, 3.8) is 0 Å². The Morgan fingerprint density at radius 1 is 1.00 bits per heavy atom. The highest BCUT2D eigenvalue weighted by molar-refractivity contribution is 5.94. The highest BCUT2D eigenvalue weighted by Gasteiger charge is 2.05. The van der Waals surface area contributed by atoms with Crippen molar-refractivity contribution >= 4 is 5.91 Å². The molecule has 4 nitrogen and oxygen atoms in total. The second-order valence-electron chi connectivity index (χ2n) is 5.26. The minimum atomic E-state index is -0.0964. The molecule has 2 aromatic rings. The third-order valence-corrected chi connectivity index (χ3v) is 3.50. The molecule has 0 radical (unpaired) electrons. The molecule has 0 aliphatic heterocycles. The van der Waals surface area contributed by atoms with E-state index in [0.717, 1.165) is 29.9 Å². The molecule has 122 valence electrons. The predicted octanol–water partition coefficient (Wildman–Crippen LogP) is 3.80. The van der Waals surface area contributed by atoms with Gasteiger partial charge in [-0.15, -0.1) is 0 Å². The van der Waals surface area contributed by atoms with Gasteiger partial charge in [-0.05, 0) is 48.4 Å². The van der Waals surface area contributed by atoms with E-state index in [-0.39, 0.29) is 5.91 Å². The van der Waals surface area contributed by atoms with Gasteiger partial charge in [0.25, 0.3) is 5.91 Å². The summed E-state index contributed by atoms with van der Waals surface area (Å²) in [6.07, 6.45) is 2.13. The van der Waals surface area contributed by atoms with Crippen LogP contribution >= 0.6 is 0 Å². The summed E-state index contributed by atoms with van der Waals surface area (Å²) in [4.78, 5) is 12.1. The zero-order valence-electron chi connectivity index (χ0n) is 13.7. The van der Waals surface area contributed by atoms with Gasteiger partial charge in [-0.2, -0.15) is 0 Å². The molecule has 0 saturated carbocycles. The van der Waals surface area contributed by atoms with Crippen LogP contribution in [-0.2, 0) is 6.54 Å². The largest absolute Gasteiger partial charge is 0.497 e. The van der Waals surface area contributed by atoms with Crippen LogP contribution in [0.3, 0.4) is 0 Å². The molecule has 0 aliphatic carbocycles. The molecule has 0 aliphatic rings. The number of benzene rings is 2. The quantitative estimate of drug-likeness (QED) is 0.754. The van der Waals surface area contributed by atoms with Crippen LogP contribution in [-0.4, -0.2) is 19.6 Å². The molecule has 2 aromatic carbocycles. The van der Waals surface area contributed by atoms with E-state index >= 15 is 0 Å². The fraction of sp³-hybridized carbons (Fsp3) is 0.316. The Bertz CT molecular complexity index is 606. The number of rotatable bonds is 8. The van der Waals surface area contributed by atoms with Crippen molar-refractivity contribution < 1.29 is 14.3 Å². The van der Waals surface area contributed by atoms with Crippen LogP contribution in [0, 0.1) is 0 Å². The SMILES string of the molecule is CCCCOc1ccc(C(=O)NCc2ccc(OC)cc2)cc1. The van der Waals surface area contributed by atoms with Crippen LogP contribution in [0.15, 0.2) is 48.5 Å². The van der Waals surface area contributed by atoms with Gasteiger partial charge >= 0.3 is 0 Å². The first-order valence-corrected chi connectivity index (χ1v) is 7.87. The normalized spacial score (nSPS) is 10.2. The van der Waals surface area contributed by atoms with E-state index in [1.165, 1.54) is 0 Å². The lowest BCUT2D eigenvalue weighted by Crippen LogP contribution is -2.22. The number of ether oxygens (including phenoxy) is 2. The monoisotopic (exact) mass is 313 g/mol. The fourth-order valence-corrected chi connectivity index (χ4v) is 2.06. The molecule has 1 N–H and O–H groups in total. The van der Waals surface area contributed by atoms with Crippen molar-refractivity contribution in [3.05, 3.63) is 59.7 Å². The van der Waals surface area contributed by atoms with E-state index in [4.69, 9.17) is 9.47 Å². The summed E-state index contributed by atoms with van der Waals surface area (Å²) in [5.41, 5.74) is 1.65. The zero-order chi connectivity index (χ0) is 16.5. The van der Waals surface area contributed by atoms with Crippen LogP contribution in [0.4, 0.5) is 0 Å². The Hall–Kier alpha value is -2.49. The van der Waals surface area contributed by atoms with Gasteiger partial charge < -0.3 is 14.8 Å². The molecule has 0 heterocycles. The number of carbonyl (C=O) groups excluding carboxylic acids is 1. The number of hydrogen-bond acceptors (Lipinski definition) is 3.